The second-order valence-electron chi connectivity index (χ2n) is 17.5. The Morgan fingerprint density at radius 2 is 1.82 bits per heavy atom. The highest BCUT2D eigenvalue weighted by atomic mass is 32.2. The Bertz CT molecular complexity index is 2120. The highest BCUT2D eigenvalue weighted by molar-refractivity contribution is 7.91. The van der Waals surface area contributed by atoms with E-state index in [-0.39, 0.29) is 37.3 Å². The summed E-state index contributed by atoms with van der Waals surface area (Å²) in [5, 5.41) is 6.00. The summed E-state index contributed by atoms with van der Waals surface area (Å²) in [4.78, 5) is 63.4. The van der Waals surface area contributed by atoms with Crippen molar-refractivity contribution < 1.29 is 41.8 Å². The third kappa shape index (κ3) is 8.86. The molecule has 1 aromatic carbocycles. The van der Waals surface area contributed by atoms with Crippen LogP contribution in [-0.4, -0.2) is 96.9 Å². The molecule has 2 bridgehead atoms. The van der Waals surface area contributed by atoms with Crippen LogP contribution in [0.25, 0.3) is 10.9 Å². The molecule has 5 fully saturated rings. The van der Waals surface area contributed by atoms with Crippen LogP contribution in [0.4, 0.5) is 4.79 Å². The van der Waals surface area contributed by atoms with Crippen LogP contribution in [0.2, 0.25) is 0 Å². The minimum Gasteiger partial charge on any atom is -0.492 e. The molecule has 2 aliphatic heterocycles. The summed E-state index contributed by atoms with van der Waals surface area (Å²) in [5.41, 5.74) is 5.68. The van der Waals surface area contributed by atoms with E-state index in [0.717, 1.165) is 68.7 Å². The summed E-state index contributed by atoms with van der Waals surface area (Å²) in [5.74, 6) is -1.47. The first-order chi connectivity index (χ1) is 29.0. The van der Waals surface area contributed by atoms with E-state index >= 15 is 0 Å². The molecular formula is C44H58N6O9S. The van der Waals surface area contributed by atoms with Crippen molar-refractivity contribution in [3.8, 4) is 11.6 Å². The van der Waals surface area contributed by atoms with Gasteiger partial charge < -0.3 is 35.5 Å². The Morgan fingerprint density at radius 3 is 2.57 bits per heavy atom. The number of para-hydroxylation sites is 1. The van der Waals surface area contributed by atoms with Gasteiger partial charge in [-0.05, 0) is 108 Å². The third-order valence-corrected chi connectivity index (χ3v) is 15.1. The molecule has 1 aromatic heterocycles. The second kappa shape index (κ2) is 17.7. The Labute approximate surface area is 351 Å². The molecular weight excluding hydrogens is 789 g/mol. The van der Waals surface area contributed by atoms with Gasteiger partial charge in [0.1, 0.15) is 35.6 Å². The van der Waals surface area contributed by atoms with Gasteiger partial charge in [0.05, 0.1) is 29.5 Å². The van der Waals surface area contributed by atoms with Gasteiger partial charge in [0.2, 0.25) is 27.7 Å². The van der Waals surface area contributed by atoms with Gasteiger partial charge in [-0.1, -0.05) is 43.2 Å². The molecule has 1 saturated heterocycles. The minimum atomic E-state index is -3.91. The van der Waals surface area contributed by atoms with Crippen LogP contribution >= 0.6 is 0 Å². The predicted molar refractivity (Wildman–Crippen MR) is 223 cm³/mol. The van der Waals surface area contributed by atoms with Gasteiger partial charge in [0.25, 0.3) is 5.91 Å². The minimum absolute atomic E-state index is 0.0190. The van der Waals surface area contributed by atoms with Gasteiger partial charge in [-0.25, -0.2) is 18.2 Å². The molecule has 6 aliphatic rings. The first-order valence-corrected chi connectivity index (χ1v) is 23.4. The SMILES string of the molecule is C=C[C@@H]1C[C@]1(NC(=O)[C@@H]1C[C@@H]2CN1C(=O)[C@H](C1CCCC1)NC(=O)O[C@@H]1CCC[C@H]1CCC=CCc1c(nc3ccccc3c1OCCCN)O2)C(=O)NS(=O)(=O)C1CC1. The van der Waals surface area contributed by atoms with E-state index in [0.29, 0.717) is 56.0 Å². The van der Waals surface area contributed by atoms with Crippen molar-refractivity contribution in [3.05, 3.63) is 54.6 Å². The number of carbonyl (C=O) groups is 4. The second-order valence-corrected chi connectivity index (χ2v) is 19.4. The quantitative estimate of drug-likeness (QED) is 0.185. The maximum Gasteiger partial charge on any atom is 0.408 e. The molecule has 4 amide bonds. The normalized spacial score (nSPS) is 29.9. The smallest absolute Gasteiger partial charge is 0.408 e. The number of hydrogen-bond acceptors (Lipinski definition) is 11. The summed E-state index contributed by atoms with van der Waals surface area (Å²) < 4.78 is 47.2. The van der Waals surface area contributed by atoms with Crippen LogP contribution in [0.5, 0.6) is 11.6 Å². The number of allylic oxidation sites excluding steroid dienone is 2. The van der Waals surface area contributed by atoms with E-state index in [1.165, 1.54) is 11.0 Å². The number of sulfonamides is 1. The molecule has 0 radical (unpaired) electrons. The van der Waals surface area contributed by atoms with Crippen LogP contribution in [0.1, 0.15) is 95.5 Å². The fourth-order valence-electron chi connectivity index (χ4n) is 9.72. The molecule has 0 unspecified atom stereocenters. The van der Waals surface area contributed by atoms with Gasteiger partial charge in [0.15, 0.2) is 0 Å². The van der Waals surface area contributed by atoms with Crippen molar-refractivity contribution in [1.29, 1.82) is 0 Å². The zero-order valence-electron chi connectivity index (χ0n) is 34.1. The van der Waals surface area contributed by atoms with Gasteiger partial charge in [-0.15, -0.1) is 6.58 Å². The van der Waals surface area contributed by atoms with Crippen LogP contribution in [0.3, 0.4) is 0 Å². The van der Waals surface area contributed by atoms with Crippen molar-refractivity contribution >= 4 is 44.7 Å². The van der Waals surface area contributed by atoms with Gasteiger partial charge in [-0.3, -0.25) is 19.1 Å². The van der Waals surface area contributed by atoms with Gasteiger partial charge in [-0.2, -0.15) is 0 Å². The number of amides is 4. The molecule has 0 spiro atoms. The van der Waals surface area contributed by atoms with E-state index < -0.39 is 68.7 Å². The van der Waals surface area contributed by atoms with Crippen molar-refractivity contribution in [1.82, 2.24) is 25.2 Å². The average molecular weight is 847 g/mol. The number of pyridine rings is 1. The van der Waals surface area contributed by atoms with Gasteiger partial charge >= 0.3 is 6.09 Å². The zero-order chi connectivity index (χ0) is 42.0. The summed E-state index contributed by atoms with van der Waals surface area (Å²) in [7, 11) is -3.91. The number of nitrogens with one attached hydrogen (secondary N) is 3. The number of fused-ring (bicyclic) bond motifs is 5. The Morgan fingerprint density at radius 1 is 1.03 bits per heavy atom. The first kappa shape index (κ1) is 42.0. The summed E-state index contributed by atoms with van der Waals surface area (Å²) in [6, 6.07) is 5.56. The van der Waals surface area contributed by atoms with Crippen molar-refractivity contribution in [2.24, 2.45) is 23.5 Å². The molecule has 16 heteroatoms. The molecule has 4 saturated carbocycles. The fourth-order valence-corrected chi connectivity index (χ4v) is 11.1. The molecule has 15 nitrogen and oxygen atoms in total. The Balaban J connectivity index is 1.16. The lowest BCUT2D eigenvalue weighted by atomic mass is 9.96. The van der Waals surface area contributed by atoms with E-state index in [1.54, 1.807) is 0 Å². The first-order valence-electron chi connectivity index (χ1n) is 21.9. The van der Waals surface area contributed by atoms with E-state index in [9.17, 15) is 27.6 Å². The lowest BCUT2D eigenvalue weighted by Crippen LogP contribution is -2.59. The standard InChI is InChI=1S/C44H58N6O9S/c1-2-29-25-44(29,42(53)49-60(55,56)31-20-21-31)48-39(51)35-24-30-26-50(35)41(52)37(28-13-6-7-14-28)47-43(54)59-36-19-10-15-27(36)12-4-3-5-17-33-38(57-23-11-22-45)32-16-8-9-18-34(32)46-40(33)58-30/h2-3,5,8-9,16,18,27-31,35-37H,1,4,6-7,10-15,17,19-26,45H2,(H,47,54)(H,48,51)(H,49,53)/t27-,29-,30-,35+,36-,37+,44-/m1/s1. The number of hydrogen-bond donors (Lipinski definition) is 4. The number of carbonyl (C=O) groups excluding carboxylic acids is 4. The molecule has 5 N–H and O–H groups in total. The third-order valence-electron chi connectivity index (χ3n) is 13.3. The number of benzene rings is 1. The lowest BCUT2D eigenvalue weighted by Gasteiger charge is -2.32. The Kier molecular flexibility index (Phi) is 12.4. The van der Waals surface area contributed by atoms with E-state index in [4.69, 9.17) is 24.9 Å². The van der Waals surface area contributed by atoms with Crippen LogP contribution in [-0.2, 0) is 35.6 Å². The highest BCUT2D eigenvalue weighted by Crippen LogP contribution is 2.46. The highest BCUT2D eigenvalue weighted by Gasteiger charge is 2.62. The van der Waals surface area contributed by atoms with Crippen molar-refractivity contribution in [2.45, 2.75) is 131 Å². The average Bonchev–Trinajstić information content (AvgIpc) is 4.02. The predicted octanol–water partition coefficient (Wildman–Crippen LogP) is 4.33. The number of nitrogens with zero attached hydrogens (tertiary/aromatic N) is 2. The molecule has 2 aromatic rings. The molecule has 60 heavy (non-hydrogen) atoms. The zero-order valence-corrected chi connectivity index (χ0v) is 35.0. The summed E-state index contributed by atoms with van der Waals surface area (Å²) in [6.45, 7) is 4.65. The maximum atomic E-state index is 15.0. The molecule has 324 valence electrons. The van der Waals surface area contributed by atoms with E-state index in [2.05, 4.69) is 34.1 Å². The molecule has 7 atom stereocenters. The molecule has 3 heterocycles. The number of aromatic nitrogens is 1. The number of alkyl carbamates (subject to hydrolysis) is 1. The molecule has 8 rings (SSSR count). The maximum absolute atomic E-state index is 15.0. The number of nitrogens with two attached hydrogens (primary N) is 1. The summed E-state index contributed by atoms with van der Waals surface area (Å²) in [6.07, 6.45) is 13.7. The van der Waals surface area contributed by atoms with E-state index in [1.807, 2.05) is 24.3 Å². The molecule has 4 aliphatic carbocycles. The van der Waals surface area contributed by atoms with Crippen molar-refractivity contribution in [3.63, 3.8) is 0 Å². The number of rotatable bonds is 11. The topological polar surface area (TPSA) is 208 Å². The van der Waals surface area contributed by atoms with Crippen molar-refractivity contribution in [2.75, 3.05) is 19.7 Å². The lowest BCUT2D eigenvalue weighted by molar-refractivity contribution is -0.142. The fraction of sp³-hybridized carbons (Fsp3) is 0.614. The number of ether oxygens (including phenoxy) is 3. The van der Waals surface area contributed by atoms with Crippen LogP contribution in [0.15, 0.2) is 49.1 Å². The van der Waals surface area contributed by atoms with Crippen LogP contribution in [0, 0.1) is 17.8 Å². The Hall–Kier alpha value is -4.70. The van der Waals surface area contributed by atoms with Crippen LogP contribution < -0.4 is 30.6 Å². The van der Waals surface area contributed by atoms with Gasteiger partial charge in [0, 0.05) is 17.7 Å². The summed E-state index contributed by atoms with van der Waals surface area (Å²) >= 11 is 0. The monoisotopic (exact) mass is 846 g/mol. The largest absolute Gasteiger partial charge is 0.492 e.